The van der Waals surface area contributed by atoms with Crippen LogP contribution in [0, 0.1) is 5.92 Å². The molecule has 0 aromatic heterocycles. The number of carbonyl (C=O) groups excluding carboxylic acids is 2. The zero-order valence-corrected chi connectivity index (χ0v) is 19.5. The van der Waals surface area contributed by atoms with Crippen LogP contribution in [0.3, 0.4) is 0 Å². The van der Waals surface area contributed by atoms with Crippen LogP contribution in [0.25, 0.3) is 0 Å². The molecule has 2 aliphatic heterocycles. The van der Waals surface area contributed by atoms with E-state index in [1.165, 1.54) is 0 Å². The van der Waals surface area contributed by atoms with Crippen LogP contribution in [0.15, 0.2) is 51.9 Å². The van der Waals surface area contributed by atoms with Gasteiger partial charge in [-0.1, -0.05) is 33.6 Å². The highest BCUT2D eigenvalue weighted by Crippen LogP contribution is 2.34. The second-order valence-corrected chi connectivity index (χ2v) is 8.97. The molecule has 4 rings (SSSR count). The molecule has 0 saturated carbocycles. The summed E-state index contributed by atoms with van der Waals surface area (Å²) in [6.45, 7) is 4.16. The van der Waals surface area contributed by atoms with Gasteiger partial charge in [0.05, 0.1) is 30.6 Å². The minimum absolute atomic E-state index is 0.0614. The van der Waals surface area contributed by atoms with E-state index in [1.807, 2.05) is 37.3 Å². The van der Waals surface area contributed by atoms with E-state index in [2.05, 4.69) is 25.8 Å². The maximum Gasteiger partial charge on any atom is 0.309 e. The lowest BCUT2D eigenvalue weighted by Crippen LogP contribution is -2.45. The van der Waals surface area contributed by atoms with Crippen LogP contribution in [-0.4, -0.2) is 48.9 Å². The summed E-state index contributed by atoms with van der Waals surface area (Å²) in [7, 11) is 0. The van der Waals surface area contributed by atoms with Gasteiger partial charge in [0.25, 0.3) is 5.91 Å². The van der Waals surface area contributed by atoms with Gasteiger partial charge in [-0.05, 0) is 56.2 Å². The largest absolute Gasteiger partial charge is 0.466 e. The number of nitrogens with zero attached hydrogens (tertiary/aromatic N) is 3. The molecule has 0 radical (unpaired) electrons. The number of piperidine rings is 1. The number of halogens is 2. The Morgan fingerprint density at radius 1 is 1.23 bits per heavy atom. The number of hydrogen-bond acceptors (Lipinski definition) is 5. The molecule has 1 fully saturated rings. The Morgan fingerprint density at radius 2 is 2.00 bits per heavy atom. The number of anilines is 1. The third kappa shape index (κ3) is 4.84. The lowest BCUT2D eigenvalue weighted by Gasteiger charge is -2.33. The summed E-state index contributed by atoms with van der Waals surface area (Å²) in [6, 6.07) is 12.9. The lowest BCUT2D eigenvalue weighted by atomic mass is 9.97. The number of amides is 1. The highest BCUT2D eigenvalue weighted by atomic mass is 79.9. The van der Waals surface area contributed by atoms with Crippen LogP contribution >= 0.6 is 27.5 Å². The molecule has 0 atom stereocenters. The molecule has 0 bridgehead atoms. The number of carbonyl (C=O) groups is 2. The van der Waals surface area contributed by atoms with E-state index in [4.69, 9.17) is 16.3 Å². The van der Waals surface area contributed by atoms with E-state index in [9.17, 15) is 9.59 Å². The van der Waals surface area contributed by atoms with Crippen LogP contribution in [0.1, 0.15) is 25.3 Å². The first-order chi connectivity index (χ1) is 15.0. The molecule has 2 aromatic carbocycles. The summed E-state index contributed by atoms with van der Waals surface area (Å²) < 4.78 is 6.04. The van der Waals surface area contributed by atoms with Crippen LogP contribution in [-0.2, 0) is 14.3 Å². The summed E-state index contributed by atoms with van der Waals surface area (Å²) in [5, 5.41) is 0.572. The average molecular weight is 505 g/mol. The zero-order valence-electron chi connectivity index (χ0n) is 17.2. The Morgan fingerprint density at radius 3 is 2.71 bits per heavy atom. The Hall–Kier alpha value is -2.22. The number of benzene rings is 2. The fraction of sp³-hybridized carbons (Fsp3) is 0.348. The number of fused-ring (bicyclic) bond motifs is 1. The number of ether oxygens (including phenoxy) is 1. The van der Waals surface area contributed by atoms with Gasteiger partial charge in [0.1, 0.15) is 5.71 Å². The van der Waals surface area contributed by atoms with E-state index < -0.39 is 0 Å². The normalized spacial score (nSPS) is 18.5. The number of hydrogen-bond donors (Lipinski definition) is 0. The molecule has 31 heavy (non-hydrogen) atoms. The van der Waals surface area contributed by atoms with Gasteiger partial charge < -0.3 is 4.74 Å². The van der Waals surface area contributed by atoms with Gasteiger partial charge in [0.15, 0.2) is 0 Å². The standard InChI is InChI=1S/C23H23BrClN3O3/c1-2-31-23(30)15-8-10-27(11-9-15)14-28-20-7-6-16(24)12-19(20)21(22(28)29)26-18-5-3-4-17(25)13-18/h3-7,12-13,15H,2,8-11,14H2,1H3. The molecular weight excluding hydrogens is 482 g/mol. The molecule has 0 aliphatic carbocycles. The fourth-order valence-corrected chi connectivity index (χ4v) is 4.52. The van der Waals surface area contributed by atoms with Gasteiger partial charge in [-0.25, -0.2) is 4.99 Å². The first kappa shape index (κ1) is 22.0. The first-order valence-corrected chi connectivity index (χ1v) is 11.5. The lowest BCUT2D eigenvalue weighted by molar-refractivity contribution is -0.149. The summed E-state index contributed by atoms with van der Waals surface area (Å²) >= 11 is 9.59. The van der Waals surface area contributed by atoms with Gasteiger partial charge in [-0.2, -0.15) is 0 Å². The van der Waals surface area contributed by atoms with Gasteiger partial charge in [-0.3, -0.25) is 19.4 Å². The average Bonchev–Trinajstić information content (AvgIpc) is 2.99. The summed E-state index contributed by atoms with van der Waals surface area (Å²) in [6.07, 6.45) is 1.47. The van der Waals surface area contributed by atoms with Crippen molar-refractivity contribution < 1.29 is 14.3 Å². The zero-order chi connectivity index (χ0) is 22.0. The SMILES string of the molecule is CCOC(=O)C1CCN(CN2C(=O)C(=Nc3cccc(Cl)c3)c3cc(Br)ccc32)CC1. The van der Waals surface area contributed by atoms with E-state index in [0.717, 1.165) is 41.7 Å². The van der Waals surface area contributed by atoms with Gasteiger partial charge in [0, 0.05) is 28.1 Å². The van der Waals surface area contributed by atoms with Crippen molar-refractivity contribution in [3.63, 3.8) is 0 Å². The summed E-state index contributed by atoms with van der Waals surface area (Å²) in [5.41, 5.74) is 2.67. The number of rotatable bonds is 5. The molecule has 2 heterocycles. The molecule has 162 valence electrons. The molecule has 1 saturated heterocycles. The van der Waals surface area contributed by atoms with Crippen LogP contribution in [0.4, 0.5) is 11.4 Å². The van der Waals surface area contributed by atoms with Crippen molar-refractivity contribution in [2.75, 3.05) is 31.3 Å². The highest BCUT2D eigenvalue weighted by Gasteiger charge is 2.36. The van der Waals surface area contributed by atoms with Crippen LogP contribution in [0.5, 0.6) is 0 Å². The van der Waals surface area contributed by atoms with Gasteiger partial charge in [-0.15, -0.1) is 0 Å². The van der Waals surface area contributed by atoms with Crippen molar-refractivity contribution in [2.45, 2.75) is 19.8 Å². The van der Waals surface area contributed by atoms with Crippen molar-refractivity contribution in [2.24, 2.45) is 10.9 Å². The first-order valence-electron chi connectivity index (χ1n) is 10.3. The van der Waals surface area contributed by atoms with Gasteiger partial charge >= 0.3 is 5.97 Å². The fourth-order valence-electron chi connectivity index (χ4n) is 3.98. The van der Waals surface area contributed by atoms with E-state index >= 15 is 0 Å². The maximum atomic E-state index is 13.3. The topological polar surface area (TPSA) is 62.2 Å². The Balaban J connectivity index is 1.55. The Kier molecular flexibility index (Phi) is 6.74. The second-order valence-electron chi connectivity index (χ2n) is 7.62. The summed E-state index contributed by atoms with van der Waals surface area (Å²) in [5.74, 6) is -0.320. The van der Waals surface area contributed by atoms with Gasteiger partial charge in [0.2, 0.25) is 0 Å². The highest BCUT2D eigenvalue weighted by molar-refractivity contribution is 9.10. The Bertz CT molecular complexity index is 1030. The quantitative estimate of drug-likeness (QED) is 0.549. The number of esters is 1. The minimum Gasteiger partial charge on any atom is -0.466 e. The molecule has 0 spiro atoms. The monoisotopic (exact) mass is 503 g/mol. The molecular formula is C23H23BrClN3O3. The van der Waals surface area contributed by atoms with Crippen molar-refractivity contribution in [1.82, 2.24) is 4.90 Å². The predicted octanol–water partition coefficient (Wildman–Crippen LogP) is 4.80. The van der Waals surface area contributed by atoms with Crippen molar-refractivity contribution >= 4 is 56.5 Å². The summed E-state index contributed by atoms with van der Waals surface area (Å²) in [4.78, 5) is 33.9. The number of aliphatic imine (C=N–C) groups is 1. The molecule has 8 heteroatoms. The van der Waals surface area contributed by atoms with E-state index in [-0.39, 0.29) is 17.8 Å². The molecule has 0 unspecified atom stereocenters. The maximum absolute atomic E-state index is 13.3. The molecule has 2 aromatic rings. The molecule has 1 amide bonds. The van der Waals surface area contributed by atoms with E-state index in [1.54, 1.807) is 17.0 Å². The minimum atomic E-state index is -0.138. The van der Waals surface area contributed by atoms with Crippen molar-refractivity contribution in [1.29, 1.82) is 0 Å². The predicted molar refractivity (Wildman–Crippen MR) is 125 cm³/mol. The molecule has 2 aliphatic rings. The van der Waals surface area contributed by atoms with E-state index in [0.29, 0.717) is 29.7 Å². The third-order valence-electron chi connectivity index (χ3n) is 5.55. The molecule has 6 nitrogen and oxygen atoms in total. The third-order valence-corrected chi connectivity index (χ3v) is 6.28. The second kappa shape index (κ2) is 9.51. The van der Waals surface area contributed by atoms with Crippen molar-refractivity contribution in [3.05, 3.63) is 57.5 Å². The smallest absolute Gasteiger partial charge is 0.309 e. The van der Waals surface area contributed by atoms with Crippen molar-refractivity contribution in [3.8, 4) is 0 Å². The Labute approximate surface area is 195 Å². The number of likely N-dealkylation sites (tertiary alicyclic amines) is 1. The van der Waals surface area contributed by atoms with Crippen LogP contribution in [0.2, 0.25) is 5.02 Å². The molecule has 0 N–H and O–H groups in total. The van der Waals surface area contributed by atoms with Crippen LogP contribution < -0.4 is 4.90 Å².